The van der Waals surface area contributed by atoms with Crippen LogP contribution in [0.5, 0.6) is 5.75 Å². The molecule has 0 aromatic heterocycles. The maximum absolute atomic E-state index is 6.26. The van der Waals surface area contributed by atoms with Crippen LogP contribution in [0.4, 0.5) is 0 Å². The number of methoxy groups -OCH3 is 2. The molecule has 0 bridgehead atoms. The largest absolute Gasteiger partial charge is 0.497 e. The summed E-state index contributed by atoms with van der Waals surface area (Å²) in [4.78, 5) is 0. The van der Waals surface area contributed by atoms with Crippen molar-refractivity contribution in [1.29, 1.82) is 0 Å². The Morgan fingerprint density at radius 3 is 2.68 bits per heavy atom. The number of hydrogen-bond acceptors (Lipinski definition) is 6. The van der Waals surface area contributed by atoms with Crippen LogP contribution in [0.25, 0.3) is 11.5 Å². The minimum Gasteiger partial charge on any atom is -0.497 e. The quantitative estimate of drug-likeness (QED) is 0.666. The van der Waals surface area contributed by atoms with Gasteiger partial charge in [-0.1, -0.05) is 0 Å². The Morgan fingerprint density at radius 2 is 2.00 bits per heavy atom. The molecule has 2 aliphatic heterocycles. The summed E-state index contributed by atoms with van der Waals surface area (Å²) in [5, 5.41) is 7.66. The molecule has 0 radical (unpaired) electrons. The van der Waals surface area contributed by atoms with Crippen LogP contribution in [0.2, 0.25) is 0 Å². The molecule has 1 aromatic rings. The molecule has 22 heavy (non-hydrogen) atoms. The van der Waals surface area contributed by atoms with Gasteiger partial charge >= 0.3 is 0 Å². The Labute approximate surface area is 130 Å². The molecule has 1 saturated heterocycles. The zero-order valence-electron chi connectivity index (χ0n) is 13.2. The zero-order valence-corrected chi connectivity index (χ0v) is 13.2. The van der Waals surface area contributed by atoms with E-state index in [4.69, 9.17) is 15.2 Å². The number of hydrazine groups is 1. The van der Waals surface area contributed by atoms with Crippen LogP contribution in [-0.2, 0) is 4.74 Å². The molecule has 120 valence electrons. The summed E-state index contributed by atoms with van der Waals surface area (Å²) in [7, 11) is 3.38. The van der Waals surface area contributed by atoms with Crippen molar-refractivity contribution >= 4 is 11.5 Å². The van der Waals surface area contributed by atoms with E-state index in [1.165, 1.54) is 0 Å². The lowest BCUT2D eigenvalue weighted by atomic mass is 10.0. The molecule has 1 aromatic carbocycles. The van der Waals surface area contributed by atoms with Crippen LogP contribution in [0.15, 0.2) is 18.2 Å². The van der Waals surface area contributed by atoms with Crippen LogP contribution in [0.1, 0.15) is 12.8 Å². The fourth-order valence-corrected chi connectivity index (χ4v) is 3.17. The van der Waals surface area contributed by atoms with Crippen molar-refractivity contribution in [2.24, 2.45) is 5.73 Å². The number of benzene rings is 1. The van der Waals surface area contributed by atoms with Gasteiger partial charge in [0, 0.05) is 17.5 Å². The lowest BCUT2D eigenvalue weighted by molar-refractivity contribution is 0.160. The summed E-state index contributed by atoms with van der Waals surface area (Å²) in [6.07, 6.45) is 2.16. The van der Waals surface area contributed by atoms with Crippen molar-refractivity contribution in [3.05, 3.63) is 28.6 Å². The highest BCUT2D eigenvalue weighted by molar-refractivity contribution is 5.55. The molecule has 0 amide bonds. The number of hydrogen-bond donors (Lipinski definition) is 3. The van der Waals surface area contributed by atoms with Crippen molar-refractivity contribution in [2.45, 2.75) is 18.9 Å². The first-order valence-corrected chi connectivity index (χ1v) is 7.67. The summed E-state index contributed by atoms with van der Waals surface area (Å²) < 4.78 is 10.7. The van der Waals surface area contributed by atoms with E-state index in [0.29, 0.717) is 18.5 Å². The highest BCUT2D eigenvalue weighted by atomic mass is 16.5. The van der Waals surface area contributed by atoms with Crippen LogP contribution in [0, 0.1) is 0 Å². The van der Waals surface area contributed by atoms with Gasteiger partial charge in [-0.05, 0) is 44.1 Å². The Bertz CT molecular complexity index is 653. The molecule has 2 aliphatic rings. The minimum absolute atomic E-state index is 0.417. The van der Waals surface area contributed by atoms with Crippen LogP contribution in [-0.4, -0.2) is 45.0 Å². The fraction of sp³-hybridized carbons (Fsp3) is 0.500. The fourth-order valence-electron chi connectivity index (χ4n) is 3.17. The van der Waals surface area contributed by atoms with Gasteiger partial charge in [-0.3, -0.25) is 10.4 Å². The summed E-state index contributed by atoms with van der Waals surface area (Å²) in [6.45, 7) is 2.60. The van der Waals surface area contributed by atoms with E-state index in [9.17, 15) is 0 Å². The Morgan fingerprint density at radius 1 is 1.23 bits per heavy atom. The molecule has 0 spiro atoms. The first-order chi connectivity index (χ1) is 10.7. The molecule has 0 unspecified atom stereocenters. The maximum Gasteiger partial charge on any atom is 0.123 e. The van der Waals surface area contributed by atoms with Crippen molar-refractivity contribution in [2.75, 3.05) is 33.9 Å². The molecule has 2 heterocycles. The predicted molar refractivity (Wildman–Crippen MR) is 86.0 cm³/mol. The summed E-state index contributed by atoms with van der Waals surface area (Å²) in [5.41, 5.74) is 10.7. The number of rotatable bonds is 4. The number of fused-ring (bicyclic) bond motifs is 1. The molecule has 1 fully saturated rings. The van der Waals surface area contributed by atoms with Crippen molar-refractivity contribution in [3.63, 3.8) is 0 Å². The second-order valence-electron chi connectivity index (χ2n) is 5.67. The molecule has 0 saturated carbocycles. The van der Waals surface area contributed by atoms with Gasteiger partial charge in [0.15, 0.2) is 0 Å². The molecular weight excluding hydrogens is 280 g/mol. The summed E-state index contributed by atoms with van der Waals surface area (Å²) in [6, 6.07) is 6.41. The average molecular weight is 304 g/mol. The standard InChI is InChI=1S/C16H24N4O2/c1-21-10-15-13-4-3-12(22-2)9-14(13)16(17)19-20(15)11-5-7-18-8-6-11/h3-4,9,11,18-19H,5-8,10,17H2,1-2H3. The third kappa shape index (κ3) is 2.71. The van der Waals surface area contributed by atoms with Crippen molar-refractivity contribution in [3.8, 4) is 5.75 Å². The van der Waals surface area contributed by atoms with Gasteiger partial charge in [-0.2, -0.15) is 0 Å². The molecule has 0 atom stereocenters. The van der Waals surface area contributed by atoms with E-state index >= 15 is 0 Å². The van der Waals surface area contributed by atoms with Gasteiger partial charge < -0.3 is 20.5 Å². The third-order valence-electron chi connectivity index (χ3n) is 4.31. The van der Waals surface area contributed by atoms with Crippen molar-refractivity contribution < 1.29 is 9.47 Å². The van der Waals surface area contributed by atoms with Crippen LogP contribution in [0.3, 0.4) is 0 Å². The Balaban J connectivity index is 2.09. The molecule has 0 aliphatic carbocycles. The van der Waals surface area contributed by atoms with E-state index in [1.807, 2.05) is 12.1 Å². The van der Waals surface area contributed by atoms with Gasteiger partial charge in [-0.15, -0.1) is 0 Å². The number of nitrogens with zero attached hydrogens (tertiary/aromatic N) is 1. The molecule has 4 N–H and O–H groups in total. The summed E-state index contributed by atoms with van der Waals surface area (Å²) in [5.74, 6) is 1.46. The number of piperidine rings is 1. The van der Waals surface area contributed by atoms with E-state index in [1.54, 1.807) is 14.2 Å². The van der Waals surface area contributed by atoms with E-state index in [2.05, 4.69) is 21.8 Å². The number of ether oxygens (including phenoxy) is 2. The van der Waals surface area contributed by atoms with Gasteiger partial charge in [0.1, 0.15) is 11.6 Å². The third-order valence-corrected chi connectivity index (χ3v) is 4.31. The van der Waals surface area contributed by atoms with E-state index < -0.39 is 0 Å². The monoisotopic (exact) mass is 304 g/mol. The van der Waals surface area contributed by atoms with Gasteiger partial charge in [0.25, 0.3) is 0 Å². The van der Waals surface area contributed by atoms with Crippen LogP contribution >= 0.6 is 0 Å². The zero-order chi connectivity index (χ0) is 15.5. The highest BCUT2D eigenvalue weighted by Gasteiger charge is 2.26. The minimum atomic E-state index is 0.417. The van der Waals surface area contributed by atoms with E-state index in [-0.39, 0.29) is 0 Å². The normalized spacial score (nSPS) is 18.9. The Kier molecular flexibility index (Phi) is 4.40. The lowest BCUT2D eigenvalue weighted by Crippen LogP contribution is -2.57. The second kappa shape index (κ2) is 6.46. The second-order valence-corrected chi connectivity index (χ2v) is 5.67. The first kappa shape index (κ1) is 15.0. The lowest BCUT2D eigenvalue weighted by Gasteiger charge is -2.40. The SMILES string of the molecule is COCC1=c2ccc(OC)cc2=C(N)NN1C1CCNCC1. The van der Waals surface area contributed by atoms with Gasteiger partial charge in [-0.25, -0.2) is 0 Å². The number of nitrogens with two attached hydrogens (primary N) is 1. The molecular formula is C16H24N4O2. The van der Waals surface area contributed by atoms with Crippen molar-refractivity contribution in [1.82, 2.24) is 15.8 Å². The molecule has 3 rings (SSSR count). The molecule has 6 nitrogen and oxygen atoms in total. The Hall–Kier alpha value is -1.92. The van der Waals surface area contributed by atoms with Gasteiger partial charge in [0.2, 0.25) is 0 Å². The smallest absolute Gasteiger partial charge is 0.123 e. The van der Waals surface area contributed by atoms with Gasteiger partial charge in [0.05, 0.1) is 25.5 Å². The van der Waals surface area contributed by atoms with Crippen LogP contribution < -0.4 is 31.7 Å². The predicted octanol–water partition coefficient (Wildman–Crippen LogP) is -0.954. The van der Waals surface area contributed by atoms with E-state index in [0.717, 1.165) is 47.8 Å². The molecule has 6 heteroatoms. The maximum atomic E-state index is 6.26. The average Bonchev–Trinajstić information content (AvgIpc) is 2.57. The first-order valence-electron chi connectivity index (χ1n) is 7.67. The topological polar surface area (TPSA) is 71.8 Å². The number of nitrogens with one attached hydrogen (secondary N) is 2. The highest BCUT2D eigenvalue weighted by Crippen LogP contribution is 2.17. The summed E-state index contributed by atoms with van der Waals surface area (Å²) >= 11 is 0.